The summed E-state index contributed by atoms with van der Waals surface area (Å²) in [6.07, 6.45) is 1.14. The molecule has 3 N–H and O–H groups in total. The maximum Gasteiger partial charge on any atom is 0.246 e. The van der Waals surface area contributed by atoms with Gasteiger partial charge in [0.25, 0.3) is 0 Å². The van der Waals surface area contributed by atoms with Crippen molar-refractivity contribution in [2.24, 2.45) is 11.1 Å². The molecular weight excluding hydrogens is 454 g/mol. The number of sulfonamides is 2. The fourth-order valence-corrected chi connectivity index (χ4v) is 5.91. The molecule has 11 heteroatoms. The zero-order valence-corrected chi connectivity index (χ0v) is 19.6. The molecule has 1 saturated heterocycles. The van der Waals surface area contributed by atoms with E-state index in [4.69, 9.17) is 9.88 Å². The van der Waals surface area contributed by atoms with Gasteiger partial charge >= 0.3 is 0 Å². The molecular formula is C21H27N3O6S2. The number of carbonyl (C=O) groups is 1. The maximum absolute atomic E-state index is 13.2. The molecule has 174 valence electrons. The molecule has 1 aliphatic heterocycles. The lowest BCUT2D eigenvalue weighted by atomic mass is 9.99. The minimum Gasteiger partial charge on any atom is -0.495 e. The van der Waals surface area contributed by atoms with Gasteiger partial charge in [-0.05, 0) is 55.2 Å². The smallest absolute Gasteiger partial charge is 0.246 e. The lowest BCUT2D eigenvalue weighted by Crippen LogP contribution is -2.45. The number of ether oxygens (including phenoxy) is 1. The Hall–Kier alpha value is -2.47. The van der Waals surface area contributed by atoms with Crippen LogP contribution in [0.4, 0.5) is 0 Å². The second-order valence-electron chi connectivity index (χ2n) is 7.76. The van der Waals surface area contributed by atoms with E-state index in [9.17, 15) is 21.6 Å². The van der Waals surface area contributed by atoms with Crippen molar-refractivity contribution in [3.63, 3.8) is 0 Å². The van der Waals surface area contributed by atoms with Crippen LogP contribution in [0.25, 0.3) is 0 Å². The largest absolute Gasteiger partial charge is 0.495 e. The van der Waals surface area contributed by atoms with Gasteiger partial charge in [0.1, 0.15) is 10.6 Å². The third-order valence-corrected chi connectivity index (χ3v) is 8.23. The van der Waals surface area contributed by atoms with Gasteiger partial charge in [0, 0.05) is 19.6 Å². The normalized spacial score (nSPS) is 17.7. The van der Waals surface area contributed by atoms with Crippen molar-refractivity contribution >= 4 is 26.0 Å². The minimum atomic E-state index is -3.82. The Balaban J connectivity index is 1.68. The summed E-state index contributed by atoms with van der Waals surface area (Å²) < 4.78 is 55.7. The Labute approximate surface area is 188 Å². The summed E-state index contributed by atoms with van der Waals surface area (Å²) >= 11 is 0. The molecule has 0 radical (unpaired) electrons. The van der Waals surface area contributed by atoms with E-state index in [-0.39, 0.29) is 34.5 Å². The van der Waals surface area contributed by atoms with Crippen LogP contribution >= 0.6 is 0 Å². The standard InChI is InChI=1S/C21H27N3O6S2/c1-15-5-10-19(30-2)20(12-15)32(28,29)24-11-3-4-17(14-24)21(25)23-13-16-6-8-18(9-7-16)31(22,26)27/h5-10,12,17H,3-4,11,13-14H2,1-2H3,(H,23,25)(H2,22,26,27)/t17-/m0/s1. The van der Waals surface area contributed by atoms with Crippen molar-refractivity contribution in [1.29, 1.82) is 0 Å². The van der Waals surface area contributed by atoms with Gasteiger partial charge < -0.3 is 10.1 Å². The van der Waals surface area contributed by atoms with Gasteiger partial charge in [-0.25, -0.2) is 22.0 Å². The number of piperidine rings is 1. The van der Waals surface area contributed by atoms with Crippen LogP contribution in [0.2, 0.25) is 0 Å². The molecule has 0 bridgehead atoms. The number of amides is 1. The highest BCUT2D eigenvalue weighted by Crippen LogP contribution is 2.30. The molecule has 0 spiro atoms. The zero-order chi connectivity index (χ0) is 23.5. The molecule has 0 unspecified atom stereocenters. The van der Waals surface area contributed by atoms with E-state index in [0.717, 1.165) is 5.56 Å². The number of nitrogens with zero attached hydrogens (tertiary/aromatic N) is 1. The van der Waals surface area contributed by atoms with E-state index in [1.165, 1.54) is 23.5 Å². The zero-order valence-electron chi connectivity index (χ0n) is 17.9. The predicted molar refractivity (Wildman–Crippen MR) is 119 cm³/mol. The van der Waals surface area contributed by atoms with E-state index in [0.29, 0.717) is 24.9 Å². The van der Waals surface area contributed by atoms with Crippen molar-refractivity contribution < 1.29 is 26.4 Å². The number of aryl methyl sites for hydroxylation is 1. The molecule has 1 aliphatic rings. The van der Waals surface area contributed by atoms with Crippen LogP contribution in [-0.4, -0.2) is 47.2 Å². The fourth-order valence-electron chi connectivity index (χ4n) is 3.63. The third-order valence-electron chi connectivity index (χ3n) is 5.41. The molecule has 1 amide bonds. The first-order chi connectivity index (χ1) is 15.0. The SMILES string of the molecule is COc1ccc(C)cc1S(=O)(=O)N1CCC[C@H](C(=O)NCc2ccc(S(N)(=O)=O)cc2)C1. The fraction of sp³-hybridized carbons (Fsp3) is 0.381. The molecule has 2 aromatic carbocycles. The Morgan fingerprint density at radius 2 is 1.84 bits per heavy atom. The summed E-state index contributed by atoms with van der Waals surface area (Å²) in [5.74, 6) is -0.472. The van der Waals surface area contributed by atoms with Gasteiger partial charge in [0.2, 0.25) is 26.0 Å². The number of hydrogen-bond acceptors (Lipinski definition) is 6. The first-order valence-corrected chi connectivity index (χ1v) is 13.1. The highest BCUT2D eigenvalue weighted by atomic mass is 32.2. The van der Waals surface area contributed by atoms with Crippen molar-refractivity contribution in [3.05, 3.63) is 53.6 Å². The molecule has 0 aromatic heterocycles. The lowest BCUT2D eigenvalue weighted by molar-refractivity contribution is -0.126. The molecule has 1 heterocycles. The van der Waals surface area contributed by atoms with Crippen LogP contribution in [0.1, 0.15) is 24.0 Å². The molecule has 1 atom stereocenters. The van der Waals surface area contributed by atoms with Gasteiger partial charge in [-0.3, -0.25) is 4.79 Å². The summed E-state index contributed by atoms with van der Waals surface area (Å²) in [6.45, 7) is 2.41. The van der Waals surface area contributed by atoms with Crippen LogP contribution in [0.15, 0.2) is 52.3 Å². The first-order valence-electron chi connectivity index (χ1n) is 10.1. The summed E-state index contributed by atoms with van der Waals surface area (Å²) in [5.41, 5.74) is 1.50. The highest BCUT2D eigenvalue weighted by molar-refractivity contribution is 7.89. The molecule has 0 saturated carbocycles. The van der Waals surface area contributed by atoms with E-state index >= 15 is 0 Å². The number of hydrogen-bond donors (Lipinski definition) is 2. The number of carbonyl (C=O) groups excluding carboxylic acids is 1. The predicted octanol–water partition coefficient (Wildman–Crippen LogP) is 1.37. The van der Waals surface area contributed by atoms with E-state index in [2.05, 4.69) is 5.32 Å². The molecule has 3 rings (SSSR count). The van der Waals surface area contributed by atoms with Gasteiger partial charge in [-0.15, -0.1) is 0 Å². The Morgan fingerprint density at radius 3 is 2.47 bits per heavy atom. The van der Waals surface area contributed by atoms with Crippen molar-refractivity contribution in [1.82, 2.24) is 9.62 Å². The molecule has 0 aliphatic carbocycles. The van der Waals surface area contributed by atoms with Gasteiger partial charge in [-0.1, -0.05) is 18.2 Å². The maximum atomic E-state index is 13.2. The van der Waals surface area contributed by atoms with Gasteiger partial charge in [0.15, 0.2) is 0 Å². The van der Waals surface area contributed by atoms with Crippen LogP contribution in [-0.2, 0) is 31.4 Å². The van der Waals surface area contributed by atoms with Crippen molar-refractivity contribution in [3.8, 4) is 5.75 Å². The topological polar surface area (TPSA) is 136 Å². The minimum absolute atomic E-state index is 0.00715. The van der Waals surface area contributed by atoms with E-state index in [1.54, 1.807) is 37.3 Å². The molecule has 32 heavy (non-hydrogen) atoms. The highest BCUT2D eigenvalue weighted by Gasteiger charge is 2.34. The lowest BCUT2D eigenvalue weighted by Gasteiger charge is -2.31. The number of rotatable bonds is 7. The summed E-state index contributed by atoms with van der Waals surface area (Å²) in [4.78, 5) is 12.8. The average Bonchev–Trinajstić information content (AvgIpc) is 2.77. The summed E-state index contributed by atoms with van der Waals surface area (Å²) in [7, 11) is -6.18. The van der Waals surface area contributed by atoms with Crippen LogP contribution in [0.5, 0.6) is 5.75 Å². The van der Waals surface area contributed by atoms with E-state index < -0.39 is 26.0 Å². The monoisotopic (exact) mass is 481 g/mol. The Morgan fingerprint density at radius 1 is 1.16 bits per heavy atom. The number of methoxy groups -OCH3 is 1. The van der Waals surface area contributed by atoms with E-state index in [1.807, 2.05) is 0 Å². The number of nitrogens with two attached hydrogens (primary N) is 1. The second kappa shape index (κ2) is 9.57. The molecule has 2 aromatic rings. The van der Waals surface area contributed by atoms with Gasteiger partial charge in [0.05, 0.1) is 17.9 Å². The number of nitrogens with one attached hydrogen (secondary N) is 1. The molecule has 1 fully saturated rings. The average molecular weight is 482 g/mol. The Kier molecular flexibility index (Phi) is 7.23. The van der Waals surface area contributed by atoms with Crippen LogP contribution < -0.4 is 15.2 Å². The Bertz CT molecular complexity index is 1190. The van der Waals surface area contributed by atoms with Crippen molar-refractivity contribution in [2.45, 2.75) is 36.1 Å². The van der Waals surface area contributed by atoms with Crippen molar-refractivity contribution in [2.75, 3.05) is 20.2 Å². The quantitative estimate of drug-likeness (QED) is 0.613. The van der Waals surface area contributed by atoms with Gasteiger partial charge in [-0.2, -0.15) is 4.31 Å². The van der Waals surface area contributed by atoms with Crippen LogP contribution in [0, 0.1) is 12.8 Å². The number of benzene rings is 2. The third kappa shape index (κ3) is 5.47. The number of primary sulfonamides is 1. The summed E-state index contributed by atoms with van der Waals surface area (Å²) in [6, 6.07) is 10.9. The van der Waals surface area contributed by atoms with Crippen LogP contribution in [0.3, 0.4) is 0 Å². The second-order valence-corrected chi connectivity index (χ2v) is 11.2. The first kappa shape index (κ1) is 24.2. The summed E-state index contributed by atoms with van der Waals surface area (Å²) in [5, 5.41) is 7.89. The molecule has 9 nitrogen and oxygen atoms in total.